The van der Waals surface area contributed by atoms with Crippen molar-refractivity contribution in [3.8, 4) is 0 Å². The highest BCUT2D eigenvalue weighted by Gasteiger charge is 2.41. The molecule has 1 aromatic carbocycles. The molecule has 0 saturated carbocycles. The molecule has 1 fully saturated rings. The smallest absolute Gasteiger partial charge is 0.303 e. The number of anilines is 1. The van der Waals surface area contributed by atoms with Crippen molar-refractivity contribution in [2.75, 3.05) is 5.32 Å². The van der Waals surface area contributed by atoms with Gasteiger partial charge in [0.25, 0.3) is 0 Å². The quantitative estimate of drug-likeness (QED) is 0.655. The molecule has 2 rings (SSSR count). The minimum absolute atomic E-state index is 0.0709. The Bertz CT molecular complexity index is 668. The Labute approximate surface area is 139 Å². The minimum Gasteiger partial charge on any atom is -0.481 e. The lowest BCUT2D eigenvalue weighted by molar-refractivity contribution is -0.138. The van der Waals surface area contributed by atoms with Crippen LogP contribution in [0.2, 0.25) is 0 Å². The normalized spacial score (nSPS) is 19.9. The van der Waals surface area contributed by atoms with E-state index in [1.165, 1.54) is 0 Å². The first kappa shape index (κ1) is 17.7. The number of imide groups is 1. The topological polar surface area (TPSA) is 113 Å². The second kappa shape index (κ2) is 7.25. The summed E-state index contributed by atoms with van der Waals surface area (Å²) in [5.41, 5.74) is 0.918. The van der Waals surface area contributed by atoms with Crippen LogP contribution in [0.1, 0.15) is 38.2 Å². The van der Waals surface area contributed by atoms with Crippen molar-refractivity contribution in [1.29, 1.82) is 0 Å². The standard InChI is InChI=1S/C17H20N2O5/c1-17(10-14(21)19-16(17)24)9-8-11-2-4-12(5-3-11)18-13(20)6-7-15(22)23/h2-5H,6-10H2,1H3,(H,18,20)(H,22,23)(H,19,21,24). The first-order valence-electron chi connectivity index (χ1n) is 7.73. The second-order valence-electron chi connectivity index (χ2n) is 6.25. The highest BCUT2D eigenvalue weighted by Crippen LogP contribution is 2.32. The van der Waals surface area contributed by atoms with Crippen LogP contribution in [0.25, 0.3) is 0 Å². The molecule has 1 aromatic rings. The molecule has 3 N–H and O–H groups in total. The summed E-state index contributed by atoms with van der Waals surface area (Å²) in [5, 5.41) is 13.5. The average molecular weight is 332 g/mol. The van der Waals surface area contributed by atoms with Crippen molar-refractivity contribution in [2.24, 2.45) is 5.41 Å². The summed E-state index contributed by atoms with van der Waals surface area (Å²) in [4.78, 5) is 45.1. The lowest BCUT2D eigenvalue weighted by Crippen LogP contribution is -2.29. The molecule has 0 radical (unpaired) electrons. The highest BCUT2D eigenvalue weighted by atomic mass is 16.4. The van der Waals surface area contributed by atoms with Gasteiger partial charge in [-0.05, 0) is 30.5 Å². The number of carboxylic acids is 1. The highest BCUT2D eigenvalue weighted by molar-refractivity contribution is 6.05. The first-order valence-corrected chi connectivity index (χ1v) is 7.73. The van der Waals surface area contributed by atoms with E-state index in [0.29, 0.717) is 18.5 Å². The van der Waals surface area contributed by atoms with Crippen LogP contribution in [0.15, 0.2) is 24.3 Å². The lowest BCUT2D eigenvalue weighted by Gasteiger charge is -2.19. The van der Waals surface area contributed by atoms with Crippen LogP contribution in [-0.4, -0.2) is 28.8 Å². The Kier molecular flexibility index (Phi) is 5.33. The molecule has 0 aliphatic carbocycles. The van der Waals surface area contributed by atoms with E-state index < -0.39 is 11.4 Å². The Morgan fingerprint density at radius 2 is 1.88 bits per heavy atom. The lowest BCUT2D eigenvalue weighted by atomic mass is 9.82. The molecule has 7 nitrogen and oxygen atoms in total. The summed E-state index contributed by atoms with van der Waals surface area (Å²) in [5.74, 6) is -1.82. The number of carbonyl (C=O) groups excluding carboxylic acids is 3. The van der Waals surface area contributed by atoms with E-state index in [1.54, 1.807) is 19.1 Å². The van der Waals surface area contributed by atoms with Gasteiger partial charge < -0.3 is 10.4 Å². The predicted molar refractivity (Wildman–Crippen MR) is 86.1 cm³/mol. The van der Waals surface area contributed by atoms with Gasteiger partial charge in [-0.1, -0.05) is 19.1 Å². The molecule has 1 saturated heterocycles. The molecule has 1 heterocycles. The Morgan fingerprint density at radius 1 is 1.21 bits per heavy atom. The van der Waals surface area contributed by atoms with Crippen LogP contribution in [-0.2, 0) is 25.6 Å². The van der Waals surface area contributed by atoms with Crippen LogP contribution in [0, 0.1) is 5.41 Å². The summed E-state index contributed by atoms with van der Waals surface area (Å²) < 4.78 is 0. The van der Waals surface area contributed by atoms with Crippen molar-refractivity contribution in [3.05, 3.63) is 29.8 Å². The third kappa shape index (κ3) is 4.65. The molecule has 7 heteroatoms. The van der Waals surface area contributed by atoms with Crippen molar-refractivity contribution in [2.45, 2.75) is 39.0 Å². The summed E-state index contributed by atoms with van der Waals surface area (Å²) >= 11 is 0. The molecule has 3 amide bonds. The number of carboxylic acid groups (broad SMARTS) is 1. The van der Waals surface area contributed by atoms with Crippen LogP contribution < -0.4 is 10.6 Å². The Hall–Kier alpha value is -2.70. The van der Waals surface area contributed by atoms with Crippen molar-refractivity contribution >= 4 is 29.4 Å². The number of nitrogens with one attached hydrogen (secondary N) is 2. The fourth-order valence-electron chi connectivity index (χ4n) is 2.58. The third-order valence-corrected chi connectivity index (χ3v) is 4.12. The van der Waals surface area contributed by atoms with Gasteiger partial charge in [0.1, 0.15) is 0 Å². The second-order valence-corrected chi connectivity index (χ2v) is 6.25. The molecule has 0 spiro atoms. The van der Waals surface area contributed by atoms with E-state index >= 15 is 0 Å². The molecule has 0 bridgehead atoms. The molecule has 1 aliphatic rings. The van der Waals surface area contributed by atoms with Gasteiger partial charge in [-0.2, -0.15) is 0 Å². The SMILES string of the molecule is CC1(CCc2ccc(NC(=O)CCC(=O)O)cc2)CC(=O)NC1=O. The number of carbonyl (C=O) groups is 4. The average Bonchev–Trinajstić information content (AvgIpc) is 2.77. The van der Waals surface area contributed by atoms with Gasteiger partial charge in [0, 0.05) is 18.5 Å². The van der Waals surface area contributed by atoms with Gasteiger partial charge >= 0.3 is 5.97 Å². The van der Waals surface area contributed by atoms with Crippen LogP contribution in [0.3, 0.4) is 0 Å². The van der Waals surface area contributed by atoms with Gasteiger partial charge in [-0.25, -0.2) is 0 Å². The van der Waals surface area contributed by atoms with E-state index in [1.807, 2.05) is 12.1 Å². The number of hydrogen-bond donors (Lipinski definition) is 3. The number of aryl methyl sites for hydroxylation is 1. The summed E-state index contributed by atoms with van der Waals surface area (Å²) in [6.45, 7) is 1.78. The first-order chi connectivity index (χ1) is 11.3. The molecule has 0 aromatic heterocycles. The Balaban J connectivity index is 1.86. The fraction of sp³-hybridized carbons (Fsp3) is 0.412. The van der Waals surface area contributed by atoms with Crippen molar-refractivity contribution < 1.29 is 24.3 Å². The number of hydrogen-bond acceptors (Lipinski definition) is 4. The van der Waals surface area contributed by atoms with Crippen LogP contribution in [0.5, 0.6) is 0 Å². The maximum Gasteiger partial charge on any atom is 0.303 e. The molecule has 128 valence electrons. The molecule has 1 atom stereocenters. The third-order valence-electron chi connectivity index (χ3n) is 4.12. The number of benzene rings is 1. The monoisotopic (exact) mass is 332 g/mol. The Morgan fingerprint density at radius 3 is 2.42 bits per heavy atom. The van der Waals surface area contributed by atoms with Gasteiger partial charge in [0.2, 0.25) is 17.7 Å². The zero-order valence-corrected chi connectivity index (χ0v) is 13.4. The van der Waals surface area contributed by atoms with E-state index in [9.17, 15) is 19.2 Å². The zero-order chi connectivity index (χ0) is 17.7. The van der Waals surface area contributed by atoms with Crippen LogP contribution >= 0.6 is 0 Å². The molecular weight excluding hydrogens is 312 g/mol. The number of rotatable bonds is 7. The largest absolute Gasteiger partial charge is 0.481 e. The maximum absolute atomic E-state index is 11.8. The van der Waals surface area contributed by atoms with Gasteiger partial charge in [0.05, 0.1) is 11.8 Å². The van der Waals surface area contributed by atoms with Gasteiger partial charge in [-0.3, -0.25) is 24.5 Å². The van der Waals surface area contributed by atoms with Gasteiger partial charge in [-0.15, -0.1) is 0 Å². The zero-order valence-electron chi connectivity index (χ0n) is 13.4. The summed E-state index contributed by atoms with van der Waals surface area (Å²) in [6, 6.07) is 7.14. The van der Waals surface area contributed by atoms with E-state index in [4.69, 9.17) is 5.11 Å². The molecular formula is C17H20N2O5. The summed E-state index contributed by atoms with van der Waals surface area (Å²) in [7, 11) is 0. The summed E-state index contributed by atoms with van der Waals surface area (Å²) in [6.07, 6.45) is 1.14. The van der Waals surface area contributed by atoms with Crippen molar-refractivity contribution in [3.63, 3.8) is 0 Å². The minimum atomic E-state index is -1.01. The molecule has 24 heavy (non-hydrogen) atoms. The van der Waals surface area contributed by atoms with E-state index in [2.05, 4.69) is 10.6 Å². The fourth-order valence-corrected chi connectivity index (χ4v) is 2.58. The molecule has 1 aliphatic heterocycles. The molecule has 1 unspecified atom stereocenters. The van der Waals surface area contributed by atoms with Crippen molar-refractivity contribution in [1.82, 2.24) is 5.32 Å². The van der Waals surface area contributed by atoms with Gasteiger partial charge in [0.15, 0.2) is 0 Å². The number of aliphatic carboxylic acids is 1. The number of amides is 3. The van der Waals surface area contributed by atoms with E-state index in [0.717, 1.165) is 5.56 Å². The van der Waals surface area contributed by atoms with Crippen LogP contribution in [0.4, 0.5) is 5.69 Å². The predicted octanol–water partition coefficient (Wildman–Crippen LogP) is 1.48. The van der Waals surface area contributed by atoms with E-state index in [-0.39, 0.29) is 37.0 Å². The maximum atomic E-state index is 11.8.